The van der Waals surface area contributed by atoms with Crippen molar-refractivity contribution < 1.29 is 23.8 Å². The van der Waals surface area contributed by atoms with Crippen LogP contribution in [0.3, 0.4) is 0 Å². The van der Waals surface area contributed by atoms with Crippen LogP contribution in [0.2, 0.25) is 0 Å². The van der Waals surface area contributed by atoms with E-state index in [2.05, 4.69) is 6.07 Å². The summed E-state index contributed by atoms with van der Waals surface area (Å²) < 4.78 is 18.0. The maximum atomic E-state index is 13.8. The Bertz CT molecular complexity index is 1230. The molecule has 0 atom stereocenters. The Morgan fingerprint density at radius 2 is 1.67 bits per heavy atom. The molecule has 1 N–H and O–H groups in total. The van der Waals surface area contributed by atoms with Crippen molar-refractivity contribution in [3.63, 3.8) is 0 Å². The number of hydrogen-bond acceptors (Lipinski definition) is 7. The Kier molecular flexibility index (Phi) is 7.79. The zero-order valence-electron chi connectivity index (χ0n) is 22.7. The third-order valence-electron chi connectivity index (χ3n) is 9.14. The molecule has 2 aromatic rings. The van der Waals surface area contributed by atoms with Crippen molar-refractivity contribution in [3.8, 4) is 22.8 Å². The van der Waals surface area contributed by atoms with E-state index in [-0.39, 0.29) is 18.6 Å². The third-order valence-corrected chi connectivity index (χ3v) is 10.5. The second-order valence-corrected chi connectivity index (χ2v) is 13.3. The molecule has 1 aromatic carbocycles. The normalized spacial score (nSPS) is 28.6. The molecule has 1 saturated heterocycles. The van der Waals surface area contributed by atoms with Gasteiger partial charge in [0, 0.05) is 30.4 Å². The molecule has 4 aliphatic carbocycles. The van der Waals surface area contributed by atoms with Gasteiger partial charge in [0.15, 0.2) is 0 Å². The van der Waals surface area contributed by atoms with Gasteiger partial charge in [0.1, 0.15) is 27.3 Å². The Hall–Kier alpha value is -2.29. The van der Waals surface area contributed by atoms with E-state index in [1.54, 1.807) is 14.2 Å². The zero-order valence-corrected chi connectivity index (χ0v) is 24.3. The van der Waals surface area contributed by atoms with Gasteiger partial charge in [-0.1, -0.05) is 30.4 Å². The van der Waals surface area contributed by atoms with Crippen LogP contribution in [-0.2, 0) is 11.2 Å². The van der Waals surface area contributed by atoms with Crippen molar-refractivity contribution in [2.24, 2.45) is 23.7 Å². The highest BCUT2D eigenvalue weighted by Gasteiger charge is 2.53. The number of ether oxygens (including phenoxy) is 2. The minimum absolute atomic E-state index is 0.0368. The average molecular weight is 568 g/mol. The number of unbranched alkanes of at least 4 members (excludes halogenated alkanes) is 2. The van der Waals surface area contributed by atoms with E-state index in [0.717, 1.165) is 48.6 Å². The molecule has 7 rings (SSSR count). The van der Waals surface area contributed by atoms with E-state index >= 15 is 0 Å². The van der Waals surface area contributed by atoms with Crippen molar-refractivity contribution in [2.45, 2.75) is 63.8 Å². The number of thioether (sulfide) groups is 1. The Morgan fingerprint density at radius 3 is 2.28 bits per heavy atom. The van der Waals surface area contributed by atoms with Crippen LogP contribution in [0.1, 0.15) is 62.7 Å². The number of aryl methyl sites for hydroxylation is 1. The first-order chi connectivity index (χ1) is 19.0. The molecule has 6 nitrogen and oxygen atoms in total. The lowest BCUT2D eigenvalue weighted by molar-refractivity contribution is -0.130. The Morgan fingerprint density at radius 1 is 1.00 bits per heavy atom. The SMILES string of the molecule is COc1cc(OC)cc(-c2cc(CCCCCO)c(/C=C3\SC(=S)N(C4C5CC6CC(C5)CC4C6)C3=O)o2)c1. The van der Waals surface area contributed by atoms with Gasteiger partial charge in [0.25, 0.3) is 5.91 Å². The fourth-order valence-electron chi connectivity index (χ4n) is 7.63. The van der Waals surface area contributed by atoms with Crippen LogP contribution in [0.15, 0.2) is 33.6 Å². The summed E-state index contributed by atoms with van der Waals surface area (Å²) in [5.41, 5.74) is 1.90. The predicted molar refractivity (Wildman–Crippen MR) is 158 cm³/mol. The predicted octanol–water partition coefficient (Wildman–Crippen LogP) is 6.69. The molecule has 2 heterocycles. The monoisotopic (exact) mass is 567 g/mol. The topological polar surface area (TPSA) is 72.1 Å². The minimum Gasteiger partial charge on any atom is -0.497 e. The summed E-state index contributed by atoms with van der Waals surface area (Å²) >= 11 is 7.24. The number of amides is 1. The number of methoxy groups -OCH3 is 2. The largest absolute Gasteiger partial charge is 0.497 e. The lowest BCUT2D eigenvalue weighted by Crippen LogP contribution is -2.57. The molecule has 0 spiro atoms. The number of carbonyl (C=O) groups excluding carboxylic acids is 1. The van der Waals surface area contributed by atoms with E-state index < -0.39 is 0 Å². The van der Waals surface area contributed by atoms with Gasteiger partial charge in [0.05, 0.1) is 19.1 Å². The number of carbonyl (C=O) groups is 1. The van der Waals surface area contributed by atoms with Crippen LogP contribution >= 0.6 is 24.0 Å². The molecule has 1 aromatic heterocycles. The molecule has 0 unspecified atom stereocenters. The summed E-state index contributed by atoms with van der Waals surface area (Å²) in [4.78, 5) is 16.5. The van der Waals surface area contributed by atoms with Crippen molar-refractivity contribution in [1.29, 1.82) is 0 Å². The summed E-state index contributed by atoms with van der Waals surface area (Å²) in [5, 5.41) is 9.21. The fourth-order valence-corrected chi connectivity index (χ4v) is 8.95. The van der Waals surface area contributed by atoms with E-state index in [0.29, 0.717) is 44.1 Å². The molecule has 39 heavy (non-hydrogen) atoms. The first-order valence-electron chi connectivity index (χ1n) is 14.2. The second kappa shape index (κ2) is 11.3. The molecule has 5 fully saturated rings. The van der Waals surface area contributed by atoms with Gasteiger partial charge in [-0.25, -0.2) is 0 Å². The van der Waals surface area contributed by atoms with Crippen LogP contribution in [0.4, 0.5) is 0 Å². The third kappa shape index (κ3) is 5.27. The maximum absolute atomic E-state index is 13.8. The summed E-state index contributed by atoms with van der Waals surface area (Å²) in [6.07, 6.45) is 11.7. The molecule has 1 amide bonds. The summed E-state index contributed by atoms with van der Waals surface area (Å²) in [6, 6.07) is 7.99. The summed E-state index contributed by atoms with van der Waals surface area (Å²) in [5.74, 6) is 5.67. The van der Waals surface area contributed by atoms with Gasteiger partial charge in [-0.15, -0.1) is 0 Å². The van der Waals surface area contributed by atoms with Crippen LogP contribution in [-0.4, -0.2) is 47.1 Å². The lowest BCUT2D eigenvalue weighted by atomic mass is 9.54. The van der Waals surface area contributed by atoms with E-state index in [1.165, 1.54) is 43.9 Å². The molecular weight excluding hydrogens is 530 g/mol. The number of hydrogen-bond donors (Lipinski definition) is 1. The van der Waals surface area contributed by atoms with Crippen LogP contribution in [0, 0.1) is 23.7 Å². The second-order valence-electron chi connectivity index (χ2n) is 11.6. The number of benzene rings is 1. The number of furan rings is 1. The molecule has 5 aliphatic rings. The molecule has 8 heteroatoms. The van der Waals surface area contributed by atoms with E-state index in [1.807, 2.05) is 29.2 Å². The van der Waals surface area contributed by atoms with E-state index in [4.69, 9.17) is 26.1 Å². The van der Waals surface area contributed by atoms with Gasteiger partial charge in [-0.2, -0.15) is 0 Å². The summed E-state index contributed by atoms with van der Waals surface area (Å²) in [6.45, 7) is 0.195. The smallest absolute Gasteiger partial charge is 0.266 e. The van der Waals surface area contributed by atoms with E-state index in [9.17, 15) is 9.90 Å². The Labute approximate surface area is 240 Å². The molecule has 1 aliphatic heterocycles. The quantitative estimate of drug-likeness (QED) is 0.195. The summed E-state index contributed by atoms with van der Waals surface area (Å²) in [7, 11) is 3.26. The lowest BCUT2D eigenvalue weighted by Gasteiger charge is -2.56. The van der Waals surface area contributed by atoms with Crippen molar-refractivity contribution in [2.75, 3.05) is 20.8 Å². The highest BCUT2D eigenvalue weighted by Crippen LogP contribution is 2.56. The number of rotatable bonds is 10. The molecule has 208 valence electrons. The standard InChI is InChI=1S/C31H37NO5S2/c1-35-24-13-21(14-25(16-24)36-2)26-15-20(6-4-3-5-7-33)27(37-26)17-28-30(34)32(31(38)39-28)29-22-9-18-8-19(11-22)12-23(29)10-18/h13-19,22-23,29,33H,3-12H2,1-2H3/b28-17-. The first kappa shape index (κ1) is 26.9. The zero-order chi connectivity index (χ0) is 27.1. The van der Waals surface area contributed by atoms with Gasteiger partial charge < -0.3 is 19.0 Å². The molecule has 0 radical (unpaired) electrons. The van der Waals surface area contributed by atoms with Gasteiger partial charge in [-0.3, -0.25) is 9.69 Å². The highest BCUT2D eigenvalue weighted by atomic mass is 32.2. The van der Waals surface area contributed by atoms with Crippen LogP contribution < -0.4 is 9.47 Å². The average Bonchev–Trinajstić information content (AvgIpc) is 3.45. The highest BCUT2D eigenvalue weighted by molar-refractivity contribution is 8.26. The first-order valence-corrected chi connectivity index (χ1v) is 15.4. The number of thiocarbonyl (C=S) groups is 1. The van der Waals surface area contributed by atoms with Crippen molar-refractivity contribution >= 4 is 40.3 Å². The van der Waals surface area contributed by atoms with Crippen molar-refractivity contribution in [1.82, 2.24) is 4.90 Å². The molecule has 4 bridgehead atoms. The van der Waals surface area contributed by atoms with Crippen LogP contribution in [0.25, 0.3) is 17.4 Å². The van der Waals surface area contributed by atoms with Gasteiger partial charge in [0.2, 0.25) is 0 Å². The van der Waals surface area contributed by atoms with Gasteiger partial charge in [-0.05, 0) is 98.8 Å². The van der Waals surface area contributed by atoms with Crippen LogP contribution in [0.5, 0.6) is 11.5 Å². The fraction of sp³-hybridized carbons (Fsp3) is 0.548. The minimum atomic E-state index is 0.0368. The van der Waals surface area contributed by atoms with Crippen molar-refractivity contribution in [3.05, 3.63) is 40.5 Å². The number of nitrogens with zero attached hydrogens (tertiary/aromatic N) is 1. The Balaban J connectivity index is 1.30. The molecular formula is C31H37NO5S2. The molecule has 4 saturated carbocycles. The number of aliphatic hydroxyl groups is 1. The maximum Gasteiger partial charge on any atom is 0.266 e. The van der Waals surface area contributed by atoms with Gasteiger partial charge >= 0.3 is 0 Å². The number of aliphatic hydroxyl groups excluding tert-OH is 1.